The highest BCUT2D eigenvalue weighted by molar-refractivity contribution is 5.71. The highest BCUT2D eigenvalue weighted by atomic mass is 16.4. The average molecular weight is 145 g/mol. The van der Waals surface area contributed by atoms with Crippen LogP contribution in [0.3, 0.4) is 0 Å². The molecule has 0 rings (SSSR count). The number of aliphatic carboxylic acids is 1. The van der Waals surface area contributed by atoms with Crippen LogP contribution in [0.5, 0.6) is 0 Å². The van der Waals surface area contributed by atoms with Gasteiger partial charge in [0.15, 0.2) is 0 Å². The molecular weight excluding hydrogens is 134 g/mol. The molecule has 0 heterocycles. The van der Waals surface area contributed by atoms with Crippen LogP contribution < -0.4 is 5.32 Å². The van der Waals surface area contributed by atoms with Crippen molar-refractivity contribution in [2.45, 2.75) is 13.2 Å². The summed E-state index contributed by atoms with van der Waals surface area (Å²) >= 11 is 0. The maximum atomic E-state index is 9.97. The molecule has 1 unspecified atom stereocenters. The Morgan fingerprint density at radius 1 is 1.80 bits per heavy atom. The van der Waals surface area contributed by atoms with Gasteiger partial charge < -0.3 is 10.2 Å². The van der Waals surface area contributed by atoms with E-state index in [1.54, 1.807) is 6.92 Å². The second-order valence-corrected chi connectivity index (χ2v) is 2.08. The van der Waals surface area contributed by atoms with Crippen molar-refractivity contribution in [1.82, 2.24) is 5.32 Å². The zero-order valence-corrected chi connectivity index (χ0v) is 5.79. The number of aliphatic hydroxyl groups is 1. The van der Waals surface area contributed by atoms with E-state index < -0.39 is 12.2 Å². The summed E-state index contributed by atoms with van der Waals surface area (Å²) in [5, 5.41) is 19.1. The summed E-state index contributed by atoms with van der Waals surface area (Å²) in [7, 11) is 0. The first-order valence-electron chi connectivity index (χ1n) is 2.82. The molecule has 3 N–H and O–H groups in total. The summed E-state index contributed by atoms with van der Waals surface area (Å²) in [5.74, 6) is -1.28. The summed E-state index contributed by atoms with van der Waals surface area (Å²) in [6.45, 7) is 5.57. The fourth-order valence-corrected chi connectivity index (χ4v) is 0.358. The lowest BCUT2D eigenvalue weighted by atomic mass is 10.3. The van der Waals surface area contributed by atoms with E-state index in [0.717, 1.165) is 5.57 Å². The van der Waals surface area contributed by atoms with Gasteiger partial charge in [0.05, 0.1) is 0 Å². The van der Waals surface area contributed by atoms with Gasteiger partial charge in [0, 0.05) is 6.54 Å². The third-order valence-corrected chi connectivity index (χ3v) is 0.831. The van der Waals surface area contributed by atoms with E-state index in [4.69, 9.17) is 10.2 Å². The Morgan fingerprint density at radius 2 is 2.30 bits per heavy atom. The maximum Gasteiger partial charge on any atom is 0.347 e. The minimum absolute atomic E-state index is 0.313. The molecule has 4 heteroatoms. The molecule has 0 saturated heterocycles. The van der Waals surface area contributed by atoms with Gasteiger partial charge in [-0.1, -0.05) is 12.2 Å². The van der Waals surface area contributed by atoms with Gasteiger partial charge in [0.1, 0.15) is 0 Å². The molecule has 0 bridgehead atoms. The lowest BCUT2D eigenvalue weighted by molar-refractivity contribution is -0.148. The van der Waals surface area contributed by atoms with Crippen LogP contribution in [-0.4, -0.2) is 29.0 Å². The molecule has 0 fully saturated rings. The molecule has 1 atom stereocenters. The molecule has 10 heavy (non-hydrogen) atoms. The normalized spacial score (nSPS) is 12.6. The number of rotatable bonds is 4. The van der Waals surface area contributed by atoms with Crippen LogP contribution in [0, 0.1) is 0 Å². The van der Waals surface area contributed by atoms with Crippen molar-refractivity contribution in [2.75, 3.05) is 6.54 Å². The van der Waals surface area contributed by atoms with Crippen LogP contribution in [0.1, 0.15) is 6.92 Å². The summed E-state index contributed by atoms with van der Waals surface area (Å²) in [5.41, 5.74) is 0.778. The number of aliphatic hydroxyl groups excluding tert-OH is 1. The van der Waals surface area contributed by atoms with Gasteiger partial charge in [-0.2, -0.15) is 0 Å². The Morgan fingerprint density at radius 3 is 2.60 bits per heavy atom. The fourth-order valence-electron chi connectivity index (χ4n) is 0.358. The van der Waals surface area contributed by atoms with Crippen molar-refractivity contribution in [3.8, 4) is 0 Å². The lowest BCUT2D eigenvalue weighted by Crippen LogP contribution is -2.36. The predicted octanol–water partition coefficient (Wildman–Crippen LogP) is -0.445. The van der Waals surface area contributed by atoms with Crippen LogP contribution in [0.4, 0.5) is 0 Å². The van der Waals surface area contributed by atoms with Crippen LogP contribution in [0.2, 0.25) is 0 Å². The van der Waals surface area contributed by atoms with Crippen LogP contribution in [0.25, 0.3) is 0 Å². The zero-order chi connectivity index (χ0) is 8.15. The smallest absolute Gasteiger partial charge is 0.347 e. The number of hydrogen-bond acceptors (Lipinski definition) is 3. The van der Waals surface area contributed by atoms with Gasteiger partial charge in [-0.3, -0.25) is 5.32 Å². The molecule has 0 aliphatic rings. The minimum atomic E-state index is -1.49. The van der Waals surface area contributed by atoms with Crippen molar-refractivity contribution in [2.24, 2.45) is 0 Å². The Hall–Kier alpha value is -0.870. The second kappa shape index (κ2) is 4.03. The van der Waals surface area contributed by atoms with Gasteiger partial charge in [0.2, 0.25) is 6.23 Å². The largest absolute Gasteiger partial charge is 0.478 e. The first-order valence-corrected chi connectivity index (χ1v) is 2.82. The van der Waals surface area contributed by atoms with Crippen LogP contribution >= 0.6 is 0 Å². The third kappa shape index (κ3) is 4.05. The average Bonchev–Trinajstić information content (AvgIpc) is 1.82. The van der Waals surface area contributed by atoms with Gasteiger partial charge in [0.25, 0.3) is 0 Å². The van der Waals surface area contributed by atoms with Crippen molar-refractivity contribution >= 4 is 5.97 Å². The topological polar surface area (TPSA) is 69.6 Å². The van der Waals surface area contributed by atoms with E-state index in [-0.39, 0.29) is 0 Å². The molecule has 0 aromatic rings. The first-order chi connectivity index (χ1) is 4.54. The van der Waals surface area contributed by atoms with Crippen molar-refractivity contribution < 1.29 is 15.0 Å². The SMILES string of the molecule is C=C(C)CNC(O)C(=O)O. The van der Waals surface area contributed by atoms with E-state index in [9.17, 15) is 4.79 Å². The van der Waals surface area contributed by atoms with E-state index in [0.29, 0.717) is 6.54 Å². The summed E-state index contributed by atoms with van der Waals surface area (Å²) in [6.07, 6.45) is -1.49. The standard InChI is InChI=1S/C6H11NO3/c1-4(2)3-7-5(8)6(9)10/h5,7-8H,1,3H2,2H3,(H,9,10). The molecule has 0 radical (unpaired) electrons. The van der Waals surface area contributed by atoms with Crippen LogP contribution in [0.15, 0.2) is 12.2 Å². The third-order valence-electron chi connectivity index (χ3n) is 0.831. The maximum absolute atomic E-state index is 9.97. The van der Waals surface area contributed by atoms with E-state index in [1.807, 2.05) is 0 Å². The van der Waals surface area contributed by atoms with Gasteiger partial charge in [-0.05, 0) is 6.92 Å². The number of nitrogens with one attached hydrogen (secondary N) is 1. The zero-order valence-electron chi connectivity index (χ0n) is 5.79. The highest BCUT2D eigenvalue weighted by Gasteiger charge is 2.10. The highest BCUT2D eigenvalue weighted by Crippen LogP contribution is 1.83. The molecule has 0 aromatic carbocycles. The quantitative estimate of drug-likeness (QED) is 0.370. The minimum Gasteiger partial charge on any atom is -0.478 e. The molecule has 0 aromatic heterocycles. The molecule has 0 saturated carbocycles. The Balaban J connectivity index is 3.49. The van der Waals surface area contributed by atoms with Crippen molar-refractivity contribution in [3.63, 3.8) is 0 Å². The molecular formula is C6H11NO3. The Labute approximate surface area is 59.2 Å². The second-order valence-electron chi connectivity index (χ2n) is 2.08. The molecule has 4 nitrogen and oxygen atoms in total. The number of carboxylic acids is 1. The molecule has 58 valence electrons. The number of carboxylic acid groups (broad SMARTS) is 1. The lowest BCUT2D eigenvalue weighted by Gasteiger charge is -2.06. The Bertz CT molecular complexity index is 144. The first kappa shape index (κ1) is 9.13. The molecule has 0 aliphatic heterocycles. The van der Waals surface area contributed by atoms with Gasteiger partial charge >= 0.3 is 5.97 Å². The van der Waals surface area contributed by atoms with E-state index in [2.05, 4.69) is 11.9 Å². The van der Waals surface area contributed by atoms with E-state index in [1.165, 1.54) is 0 Å². The van der Waals surface area contributed by atoms with Gasteiger partial charge in [-0.25, -0.2) is 4.79 Å². The predicted molar refractivity (Wildman–Crippen MR) is 36.5 cm³/mol. The molecule has 0 aliphatic carbocycles. The number of carbonyl (C=O) groups is 1. The molecule has 0 amide bonds. The monoisotopic (exact) mass is 145 g/mol. The summed E-state index contributed by atoms with van der Waals surface area (Å²) in [6, 6.07) is 0. The van der Waals surface area contributed by atoms with Crippen molar-refractivity contribution in [1.29, 1.82) is 0 Å². The Kier molecular flexibility index (Phi) is 3.68. The number of hydrogen-bond donors (Lipinski definition) is 3. The van der Waals surface area contributed by atoms with E-state index >= 15 is 0 Å². The summed E-state index contributed by atoms with van der Waals surface area (Å²) < 4.78 is 0. The van der Waals surface area contributed by atoms with Crippen LogP contribution in [-0.2, 0) is 4.79 Å². The fraction of sp³-hybridized carbons (Fsp3) is 0.500. The van der Waals surface area contributed by atoms with Gasteiger partial charge in [-0.15, -0.1) is 0 Å². The molecule has 0 spiro atoms. The summed E-state index contributed by atoms with van der Waals surface area (Å²) in [4.78, 5) is 9.97. The van der Waals surface area contributed by atoms with Crippen molar-refractivity contribution in [3.05, 3.63) is 12.2 Å².